The number of nitro benzene ring substituents is 1. The fourth-order valence-electron chi connectivity index (χ4n) is 2.15. The van der Waals surface area contributed by atoms with E-state index in [9.17, 15) is 18.9 Å². The van der Waals surface area contributed by atoms with Crippen LogP contribution in [0.15, 0.2) is 12.1 Å². The van der Waals surface area contributed by atoms with Gasteiger partial charge in [0, 0.05) is 17.4 Å². The number of thioether (sulfide) groups is 1. The third kappa shape index (κ3) is 3.15. The van der Waals surface area contributed by atoms with Crippen LogP contribution in [-0.2, 0) is 0 Å². The third-order valence-corrected chi connectivity index (χ3v) is 4.55. The minimum atomic E-state index is -0.944. The van der Waals surface area contributed by atoms with Crippen LogP contribution >= 0.6 is 11.8 Å². The van der Waals surface area contributed by atoms with E-state index in [1.54, 1.807) is 11.8 Å². The van der Waals surface area contributed by atoms with Crippen LogP contribution in [0.4, 0.5) is 20.2 Å². The summed E-state index contributed by atoms with van der Waals surface area (Å²) in [6.07, 6.45) is 1.80. The maximum absolute atomic E-state index is 13.7. The molecule has 0 aromatic heterocycles. The molecule has 1 aromatic carbocycles. The Morgan fingerprint density at radius 3 is 2.84 bits per heavy atom. The molecule has 1 N–H and O–H groups in total. The average molecular weight is 288 g/mol. The predicted octanol–water partition coefficient (Wildman–Crippen LogP) is 3.57. The molecule has 0 radical (unpaired) electrons. The van der Waals surface area contributed by atoms with Crippen molar-refractivity contribution in [3.8, 4) is 0 Å². The van der Waals surface area contributed by atoms with Gasteiger partial charge in [-0.25, -0.2) is 8.78 Å². The molecule has 0 spiro atoms. The first-order valence-electron chi connectivity index (χ1n) is 6.00. The van der Waals surface area contributed by atoms with Crippen molar-refractivity contribution in [3.63, 3.8) is 0 Å². The van der Waals surface area contributed by atoms with E-state index in [-0.39, 0.29) is 17.0 Å². The summed E-state index contributed by atoms with van der Waals surface area (Å²) in [5.41, 5.74) is -0.772. The summed E-state index contributed by atoms with van der Waals surface area (Å²) in [5, 5.41) is 14.0. The molecule has 0 bridgehead atoms. The maximum atomic E-state index is 13.7. The van der Waals surface area contributed by atoms with Gasteiger partial charge in [-0.15, -0.1) is 0 Å². The zero-order valence-corrected chi connectivity index (χ0v) is 11.2. The first kappa shape index (κ1) is 14.0. The monoisotopic (exact) mass is 288 g/mol. The van der Waals surface area contributed by atoms with Gasteiger partial charge in [-0.2, -0.15) is 11.8 Å². The number of anilines is 1. The Morgan fingerprint density at radius 1 is 1.47 bits per heavy atom. The van der Waals surface area contributed by atoms with E-state index in [4.69, 9.17) is 0 Å². The summed E-state index contributed by atoms with van der Waals surface area (Å²) in [6.45, 7) is 1.99. The Hall–Kier alpha value is -1.37. The van der Waals surface area contributed by atoms with Gasteiger partial charge < -0.3 is 5.32 Å². The van der Waals surface area contributed by atoms with Crippen LogP contribution in [-0.4, -0.2) is 22.0 Å². The summed E-state index contributed by atoms with van der Waals surface area (Å²) >= 11 is 1.74. The summed E-state index contributed by atoms with van der Waals surface area (Å²) in [7, 11) is 0. The number of rotatable bonds is 3. The van der Waals surface area contributed by atoms with Crippen molar-refractivity contribution in [2.75, 3.05) is 11.1 Å². The van der Waals surface area contributed by atoms with E-state index in [2.05, 4.69) is 5.32 Å². The van der Waals surface area contributed by atoms with Gasteiger partial charge in [0.25, 0.3) is 5.69 Å². The van der Waals surface area contributed by atoms with E-state index in [1.165, 1.54) is 0 Å². The van der Waals surface area contributed by atoms with E-state index in [1.807, 2.05) is 6.92 Å². The van der Waals surface area contributed by atoms with Crippen LogP contribution in [0, 0.1) is 21.7 Å². The minimum absolute atomic E-state index is 0.0441. The lowest BCUT2D eigenvalue weighted by Gasteiger charge is -2.29. The van der Waals surface area contributed by atoms with Gasteiger partial charge >= 0.3 is 0 Å². The topological polar surface area (TPSA) is 55.2 Å². The lowest BCUT2D eigenvalue weighted by Crippen LogP contribution is -2.33. The predicted molar refractivity (Wildman–Crippen MR) is 71.6 cm³/mol. The van der Waals surface area contributed by atoms with E-state index >= 15 is 0 Å². The first-order valence-corrected chi connectivity index (χ1v) is 7.05. The number of benzene rings is 1. The van der Waals surface area contributed by atoms with E-state index < -0.39 is 22.2 Å². The molecule has 0 saturated carbocycles. The number of hydrogen-bond acceptors (Lipinski definition) is 4. The van der Waals surface area contributed by atoms with Crippen LogP contribution in [0.3, 0.4) is 0 Å². The number of nitrogens with one attached hydrogen (secondary N) is 1. The first-order chi connectivity index (χ1) is 8.99. The normalized spacial score (nSPS) is 23.1. The highest BCUT2D eigenvalue weighted by molar-refractivity contribution is 8.00. The van der Waals surface area contributed by atoms with Gasteiger partial charge in [0.15, 0.2) is 5.82 Å². The quantitative estimate of drug-likeness (QED) is 0.682. The highest BCUT2D eigenvalue weighted by atomic mass is 32.2. The number of hydrogen-bond donors (Lipinski definition) is 1. The average Bonchev–Trinajstić information content (AvgIpc) is 2.34. The molecule has 1 heterocycles. The molecule has 0 aliphatic carbocycles. The van der Waals surface area contributed by atoms with Gasteiger partial charge in [-0.1, -0.05) is 6.92 Å². The van der Waals surface area contributed by atoms with Crippen LogP contribution in [0.2, 0.25) is 0 Å². The van der Waals surface area contributed by atoms with Crippen LogP contribution < -0.4 is 5.32 Å². The van der Waals surface area contributed by atoms with E-state index in [0.29, 0.717) is 6.07 Å². The molecule has 2 atom stereocenters. The van der Waals surface area contributed by atoms with Crippen molar-refractivity contribution in [2.45, 2.75) is 31.1 Å². The van der Waals surface area contributed by atoms with Gasteiger partial charge in [0.1, 0.15) is 11.5 Å². The minimum Gasteiger partial charge on any atom is -0.373 e. The standard InChI is InChI=1S/C12H14F2N2O2S/c1-7-10(3-2-4-19-7)15-12-9(14)5-8(13)6-11(12)16(17)18/h5-7,10,15H,2-4H2,1H3. The Morgan fingerprint density at radius 2 is 2.21 bits per heavy atom. The molecule has 2 unspecified atom stereocenters. The van der Waals surface area contributed by atoms with Gasteiger partial charge in [0.05, 0.1) is 11.0 Å². The van der Waals surface area contributed by atoms with Crippen molar-refractivity contribution in [1.82, 2.24) is 0 Å². The highest BCUT2D eigenvalue weighted by Gasteiger charge is 2.27. The van der Waals surface area contributed by atoms with Crippen LogP contribution in [0.25, 0.3) is 0 Å². The molecular weight excluding hydrogens is 274 g/mol. The van der Waals surface area contributed by atoms with Crippen LogP contribution in [0.1, 0.15) is 19.8 Å². The number of halogens is 2. The molecule has 2 rings (SSSR count). The molecular formula is C12H14F2N2O2S. The lowest BCUT2D eigenvalue weighted by atomic mass is 10.1. The second-order valence-corrected chi connectivity index (χ2v) is 5.99. The van der Waals surface area contributed by atoms with Gasteiger partial charge in [-0.05, 0) is 18.6 Å². The second-order valence-electron chi connectivity index (χ2n) is 4.51. The molecule has 0 amide bonds. The smallest absolute Gasteiger partial charge is 0.298 e. The lowest BCUT2D eigenvalue weighted by molar-refractivity contribution is -0.384. The maximum Gasteiger partial charge on any atom is 0.298 e. The van der Waals surface area contributed by atoms with Crippen molar-refractivity contribution >= 4 is 23.1 Å². The molecule has 1 fully saturated rings. The number of nitro groups is 1. The summed E-state index contributed by atoms with van der Waals surface area (Å²) in [6, 6.07) is 1.36. The van der Waals surface area contributed by atoms with Crippen molar-refractivity contribution in [1.29, 1.82) is 0 Å². The highest BCUT2D eigenvalue weighted by Crippen LogP contribution is 2.33. The van der Waals surface area contributed by atoms with Gasteiger partial charge in [0.2, 0.25) is 0 Å². The molecule has 1 aromatic rings. The van der Waals surface area contributed by atoms with Crippen molar-refractivity contribution in [3.05, 3.63) is 33.9 Å². The molecule has 1 saturated heterocycles. The molecule has 7 heteroatoms. The zero-order valence-electron chi connectivity index (χ0n) is 10.4. The Bertz CT molecular complexity index is 499. The SMILES string of the molecule is CC1SCCCC1Nc1c(F)cc(F)cc1[N+](=O)[O-]. The molecule has 1 aliphatic heterocycles. The van der Waals surface area contributed by atoms with Crippen LogP contribution in [0.5, 0.6) is 0 Å². The summed E-state index contributed by atoms with van der Waals surface area (Å²) in [5.74, 6) is -0.830. The fourth-order valence-corrected chi connectivity index (χ4v) is 3.29. The zero-order chi connectivity index (χ0) is 14.0. The number of nitrogens with zero attached hydrogens (tertiary/aromatic N) is 1. The summed E-state index contributed by atoms with van der Waals surface area (Å²) in [4.78, 5) is 10.1. The fraction of sp³-hybridized carbons (Fsp3) is 0.500. The molecule has 4 nitrogen and oxygen atoms in total. The second kappa shape index (κ2) is 5.73. The van der Waals surface area contributed by atoms with Gasteiger partial charge in [-0.3, -0.25) is 10.1 Å². The van der Waals surface area contributed by atoms with Crippen molar-refractivity contribution < 1.29 is 13.7 Å². The third-order valence-electron chi connectivity index (χ3n) is 3.17. The Labute approximate surface area is 113 Å². The largest absolute Gasteiger partial charge is 0.373 e. The molecule has 19 heavy (non-hydrogen) atoms. The van der Waals surface area contributed by atoms with E-state index in [0.717, 1.165) is 24.7 Å². The molecule has 104 valence electrons. The summed E-state index contributed by atoms with van der Waals surface area (Å²) < 4.78 is 26.8. The van der Waals surface area contributed by atoms with Crippen molar-refractivity contribution in [2.24, 2.45) is 0 Å². The Balaban J connectivity index is 2.30. The molecule has 1 aliphatic rings. The Kier molecular flexibility index (Phi) is 4.24.